The summed E-state index contributed by atoms with van der Waals surface area (Å²) in [5.41, 5.74) is 5.83. The standard InChI is InChI=1S/C12H18Br2N2O3S2/c13-11-7-10(12(14)20-11)21(17,18)16-5-6-19-9-3-1-8(15)2-4-9/h7-9,16H,1-6,15H2. The molecular weight excluding hydrogens is 444 g/mol. The Kier molecular flexibility index (Phi) is 6.67. The average Bonchev–Trinajstić information content (AvgIpc) is 2.77. The molecule has 1 saturated carbocycles. The maximum absolute atomic E-state index is 12.1. The van der Waals surface area contributed by atoms with E-state index in [1.807, 2.05) is 0 Å². The molecule has 1 aliphatic carbocycles. The number of hydrogen-bond acceptors (Lipinski definition) is 5. The van der Waals surface area contributed by atoms with E-state index in [4.69, 9.17) is 10.5 Å². The molecule has 0 aliphatic heterocycles. The van der Waals surface area contributed by atoms with Crippen LogP contribution >= 0.6 is 43.2 Å². The highest BCUT2D eigenvalue weighted by molar-refractivity contribution is 9.12. The number of sulfonamides is 1. The van der Waals surface area contributed by atoms with Gasteiger partial charge in [-0.1, -0.05) is 0 Å². The van der Waals surface area contributed by atoms with Crippen molar-refractivity contribution in [3.8, 4) is 0 Å². The van der Waals surface area contributed by atoms with Crippen LogP contribution in [0.5, 0.6) is 0 Å². The molecule has 1 heterocycles. The van der Waals surface area contributed by atoms with E-state index in [9.17, 15) is 8.42 Å². The lowest BCUT2D eigenvalue weighted by atomic mass is 9.94. The quantitative estimate of drug-likeness (QED) is 0.638. The third kappa shape index (κ3) is 5.26. The van der Waals surface area contributed by atoms with Crippen LogP contribution in [0.15, 0.2) is 18.5 Å². The van der Waals surface area contributed by atoms with Crippen LogP contribution in [0.4, 0.5) is 0 Å². The Bertz CT molecular complexity index is 569. The van der Waals surface area contributed by atoms with Gasteiger partial charge in [0.2, 0.25) is 10.0 Å². The maximum atomic E-state index is 12.1. The number of ether oxygens (including phenoxy) is 1. The van der Waals surface area contributed by atoms with Crippen LogP contribution in [0.1, 0.15) is 25.7 Å². The van der Waals surface area contributed by atoms with Crippen molar-refractivity contribution in [1.29, 1.82) is 0 Å². The molecule has 0 radical (unpaired) electrons. The minimum atomic E-state index is -3.50. The van der Waals surface area contributed by atoms with E-state index in [0.29, 0.717) is 10.4 Å². The zero-order valence-corrected chi connectivity index (χ0v) is 16.2. The molecule has 0 atom stereocenters. The van der Waals surface area contributed by atoms with Crippen LogP contribution in [-0.2, 0) is 14.8 Å². The van der Waals surface area contributed by atoms with Crippen molar-refractivity contribution in [2.24, 2.45) is 5.73 Å². The SMILES string of the molecule is NC1CCC(OCCNS(=O)(=O)c2cc(Br)sc2Br)CC1. The number of hydrogen-bond donors (Lipinski definition) is 2. The van der Waals surface area contributed by atoms with E-state index in [-0.39, 0.29) is 23.6 Å². The molecule has 9 heteroatoms. The molecule has 2 rings (SSSR count). The van der Waals surface area contributed by atoms with Gasteiger partial charge in [0.25, 0.3) is 0 Å². The third-order valence-electron chi connectivity index (χ3n) is 3.38. The van der Waals surface area contributed by atoms with Crippen molar-refractivity contribution in [1.82, 2.24) is 4.72 Å². The number of nitrogens with one attached hydrogen (secondary N) is 1. The highest BCUT2D eigenvalue weighted by Gasteiger charge is 2.21. The molecular formula is C12H18Br2N2O3S2. The summed E-state index contributed by atoms with van der Waals surface area (Å²) < 4.78 is 33.9. The largest absolute Gasteiger partial charge is 0.377 e. The van der Waals surface area contributed by atoms with Gasteiger partial charge < -0.3 is 10.5 Å². The van der Waals surface area contributed by atoms with Gasteiger partial charge >= 0.3 is 0 Å². The minimum Gasteiger partial charge on any atom is -0.377 e. The second kappa shape index (κ2) is 7.85. The summed E-state index contributed by atoms with van der Waals surface area (Å²) in [7, 11) is -3.50. The summed E-state index contributed by atoms with van der Waals surface area (Å²) >= 11 is 7.86. The summed E-state index contributed by atoms with van der Waals surface area (Å²) in [6.45, 7) is 0.646. The van der Waals surface area contributed by atoms with Crippen molar-refractivity contribution in [2.75, 3.05) is 13.2 Å². The van der Waals surface area contributed by atoms with Crippen LogP contribution in [-0.4, -0.2) is 33.7 Å². The first-order valence-electron chi connectivity index (χ1n) is 6.70. The number of rotatable bonds is 6. The first-order chi connectivity index (χ1) is 9.88. The smallest absolute Gasteiger partial charge is 0.242 e. The van der Waals surface area contributed by atoms with Crippen LogP contribution in [0.25, 0.3) is 0 Å². The Balaban J connectivity index is 1.76. The summed E-state index contributed by atoms with van der Waals surface area (Å²) in [6, 6.07) is 1.87. The van der Waals surface area contributed by atoms with Gasteiger partial charge in [0.15, 0.2) is 0 Å². The summed E-state index contributed by atoms with van der Waals surface area (Å²) in [6.07, 6.45) is 4.07. The van der Waals surface area contributed by atoms with Gasteiger partial charge in [0.05, 0.1) is 20.3 Å². The lowest BCUT2D eigenvalue weighted by molar-refractivity contribution is 0.0287. The van der Waals surface area contributed by atoms with Crippen LogP contribution in [0.2, 0.25) is 0 Å². The fraction of sp³-hybridized carbons (Fsp3) is 0.667. The van der Waals surface area contributed by atoms with Gasteiger partial charge in [-0.15, -0.1) is 11.3 Å². The Hall–Kier alpha value is 0.490. The van der Waals surface area contributed by atoms with Crippen LogP contribution in [0.3, 0.4) is 0 Å². The lowest BCUT2D eigenvalue weighted by Gasteiger charge is -2.26. The van der Waals surface area contributed by atoms with Gasteiger partial charge in [-0.05, 0) is 63.6 Å². The summed E-state index contributed by atoms with van der Waals surface area (Å²) in [5, 5.41) is 0. The number of nitrogens with two attached hydrogens (primary N) is 1. The highest BCUT2D eigenvalue weighted by Crippen LogP contribution is 2.34. The van der Waals surface area contributed by atoms with Crippen LogP contribution < -0.4 is 10.5 Å². The molecule has 1 fully saturated rings. The predicted molar refractivity (Wildman–Crippen MR) is 91.1 cm³/mol. The molecule has 0 amide bonds. The molecule has 120 valence electrons. The molecule has 1 aromatic heterocycles. The van der Waals surface area contributed by atoms with Crippen molar-refractivity contribution in [3.63, 3.8) is 0 Å². The molecule has 0 saturated heterocycles. The predicted octanol–water partition coefficient (Wildman–Crippen LogP) is 2.84. The molecule has 21 heavy (non-hydrogen) atoms. The van der Waals surface area contributed by atoms with E-state index in [0.717, 1.165) is 29.5 Å². The van der Waals surface area contributed by atoms with Crippen molar-refractivity contribution in [3.05, 3.63) is 13.6 Å². The van der Waals surface area contributed by atoms with Crippen molar-refractivity contribution in [2.45, 2.75) is 42.7 Å². The zero-order valence-electron chi connectivity index (χ0n) is 11.3. The first-order valence-corrected chi connectivity index (χ1v) is 10.6. The van der Waals surface area contributed by atoms with Gasteiger partial charge in [-0.2, -0.15) is 0 Å². The van der Waals surface area contributed by atoms with E-state index in [1.54, 1.807) is 6.07 Å². The van der Waals surface area contributed by atoms with Gasteiger partial charge in [-0.3, -0.25) is 0 Å². The minimum absolute atomic E-state index is 0.205. The molecule has 0 bridgehead atoms. The van der Waals surface area contributed by atoms with Crippen LogP contribution in [0, 0.1) is 0 Å². The maximum Gasteiger partial charge on any atom is 0.242 e. The van der Waals surface area contributed by atoms with E-state index >= 15 is 0 Å². The number of thiophene rings is 1. The Labute approximate surface area is 145 Å². The normalized spacial score (nSPS) is 23.4. The first kappa shape index (κ1) is 17.8. The third-order valence-corrected chi connectivity index (χ3v) is 7.60. The van der Waals surface area contributed by atoms with Gasteiger partial charge in [0.1, 0.15) is 4.90 Å². The molecule has 0 aromatic carbocycles. The van der Waals surface area contributed by atoms with E-state index in [2.05, 4.69) is 36.6 Å². The molecule has 0 unspecified atom stereocenters. The Morgan fingerprint density at radius 1 is 1.33 bits per heavy atom. The lowest BCUT2D eigenvalue weighted by Crippen LogP contribution is -2.33. The topological polar surface area (TPSA) is 81.4 Å². The van der Waals surface area contributed by atoms with Crippen molar-refractivity contribution >= 4 is 53.2 Å². The fourth-order valence-electron chi connectivity index (χ4n) is 2.24. The van der Waals surface area contributed by atoms with Gasteiger partial charge in [-0.25, -0.2) is 13.1 Å². The second-order valence-corrected chi connectivity index (χ2v) is 10.5. The average molecular weight is 462 g/mol. The summed E-state index contributed by atoms with van der Waals surface area (Å²) in [5.74, 6) is 0. The van der Waals surface area contributed by atoms with Crippen molar-refractivity contribution < 1.29 is 13.2 Å². The highest BCUT2D eigenvalue weighted by atomic mass is 79.9. The molecule has 0 spiro atoms. The molecule has 3 N–H and O–H groups in total. The molecule has 1 aromatic rings. The Morgan fingerprint density at radius 3 is 2.57 bits per heavy atom. The second-order valence-electron chi connectivity index (χ2n) is 4.99. The van der Waals surface area contributed by atoms with E-state index < -0.39 is 10.0 Å². The Morgan fingerprint density at radius 2 is 2.00 bits per heavy atom. The number of halogens is 2. The molecule has 1 aliphatic rings. The molecule has 5 nitrogen and oxygen atoms in total. The van der Waals surface area contributed by atoms with Gasteiger partial charge in [0, 0.05) is 12.6 Å². The zero-order chi connectivity index (χ0) is 15.5. The fourth-order valence-corrected chi connectivity index (χ4v) is 7.07. The monoisotopic (exact) mass is 460 g/mol. The summed E-state index contributed by atoms with van der Waals surface area (Å²) in [4.78, 5) is 0.253. The van der Waals surface area contributed by atoms with E-state index in [1.165, 1.54) is 11.3 Å².